The van der Waals surface area contributed by atoms with Gasteiger partial charge in [-0.3, -0.25) is 0 Å². The summed E-state index contributed by atoms with van der Waals surface area (Å²) in [6.07, 6.45) is 0. The number of benzene rings is 2. The van der Waals surface area contributed by atoms with Gasteiger partial charge in [-0.25, -0.2) is 4.79 Å². The molecule has 0 aromatic heterocycles. The maximum atomic E-state index is 12.5. The molecular formula is C19H22ClNO9. The molecular weight excluding hydrogens is 422 g/mol. The SMILES string of the molecule is COCOc1cc(N)c(OCOC)c(COC(=O)c2cc(Cl)c(O)cc2O)c1OC. The summed E-state index contributed by atoms with van der Waals surface area (Å²) in [6.45, 7) is -0.554. The first-order valence-corrected chi connectivity index (χ1v) is 8.83. The van der Waals surface area contributed by atoms with Gasteiger partial charge in [0.25, 0.3) is 0 Å². The van der Waals surface area contributed by atoms with Crippen LogP contribution in [-0.4, -0.2) is 51.1 Å². The molecule has 0 atom stereocenters. The van der Waals surface area contributed by atoms with E-state index in [0.717, 1.165) is 12.1 Å². The third-order valence-corrected chi connectivity index (χ3v) is 4.11. The van der Waals surface area contributed by atoms with E-state index in [0.29, 0.717) is 0 Å². The van der Waals surface area contributed by atoms with Gasteiger partial charge in [-0.1, -0.05) is 11.6 Å². The molecule has 0 aliphatic rings. The molecule has 11 heteroatoms. The zero-order chi connectivity index (χ0) is 22.3. The first kappa shape index (κ1) is 23.2. The van der Waals surface area contributed by atoms with Gasteiger partial charge in [-0.15, -0.1) is 0 Å². The summed E-state index contributed by atoms with van der Waals surface area (Å²) >= 11 is 5.80. The van der Waals surface area contributed by atoms with Gasteiger partial charge in [0.1, 0.15) is 23.7 Å². The molecule has 4 N–H and O–H groups in total. The summed E-state index contributed by atoms with van der Waals surface area (Å²) < 4.78 is 31.4. The van der Waals surface area contributed by atoms with Crippen LogP contribution in [0.15, 0.2) is 18.2 Å². The number of anilines is 1. The first-order valence-electron chi connectivity index (χ1n) is 8.45. The summed E-state index contributed by atoms with van der Waals surface area (Å²) in [4.78, 5) is 12.5. The van der Waals surface area contributed by atoms with Crippen molar-refractivity contribution in [2.45, 2.75) is 6.61 Å². The summed E-state index contributed by atoms with van der Waals surface area (Å²) in [7, 11) is 4.27. The second-order valence-corrected chi connectivity index (χ2v) is 6.21. The molecule has 0 radical (unpaired) electrons. The minimum absolute atomic E-state index is 0.0762. The van der Waals surface area contributed by atoms with Crippen LogP contribution < -0.4 is 19.9 Å². The molecule has 0 fully saturated rings. The molecule has 10 nitrogen and oxygen atoms in total. The number of methoxy groups -OCH3 is 3. The van der Waals surface area contributed by atoms with E-state index in [1.807, 2.05) is 0 Å². The number of phenols is 2. The van der Waals surface area contributed by atoms with E-state index >= 15 is 0 Å². The lowest BCUT2D eigenvalue weighted by molar-refractivity contribution is 0.0393. The Morgan fingerprint density at radius 1 is 1.00 bits per heavy atom. The van der Waals surface area contributed by atoms with Crippen molar-refractivity contribution < 1.29 is 43.4 Å². The van der Waals surface area contributed by atoms with Crippen LogP contribution in [0.4, 0.5) is 5.69 Å². The molecule has 0 unspecified atom stereocenters. The highest BCUT2D eigenvalue weighted by Gasteiger charge is 2.23. The highest BCUT2D eigenvalue weighted by atomic mass is 35.5. The van der Waals surface area contributed by atoms with E-state index in [-0.39, 0.29) is 65.0 Å². The van der Waals surface area contributed by atoms with Crippen LogP contribution >= 0.6 is 11.6 Å². The molecule has 0 aliphatic heterocycles. The van der Waals surface area contributed by atoms with Crippen LogP contribution in [0, 0.1) is 0 Å². The summed E-state index contributed by atoms with van der Waals surface area (Å²) in [5.74, 6) is -1.17. The van der Waals surface area contributed by atoms with Gasteiger partial charge in [-0.05, 0) is 6.07 Å². The average molecular weight is 444 g/mol. The van der Waals surface area contributed by atoms with Gasteiger partial charge >= 0.3 is 5.97 Å². The summed E-state index contributed by atoms with van der Waals surface area (Å²) in [6, 6.07) is 3.49. The van der Waals surface area contributed by atoms with Crippen molar-refractivity contribution in [3.63, 3.8) is 0 Å². The van der Waals surface area contributed by atoms with E-state index in [1.54, 1.807) is 0 Å². The Kier molecular flexibility index (Phi) is 8.22. The van der Waals surface area contributed by atoms with Crippen molar-refractivity contribution >= 4 is 23.3 Å². The number of carbonyl (C=O) groups excluding carboxylic acids is 1. The van der Waals surface area contributed by atoms with Crippen LogP contribution in [0.3, 0.4) is 0 Å². The van der Waals surface area contributed by atoms with Crippen LogP contribution in [0.2, 0.25) is 5.02 Å². The number of esters is 1. The lowest BCUT2D eigenvalue weighted by atomic mass is 10.1. The molecule has 2 aromatic rings. The van der Waals surface area contributed by atoms with Crippen LogP contribution in [0.5, 0.6) is 28.7 Å². The van der Waals surface area contributed by atoms with E-state index in [1.165, 1.54) is 27.4 Å². The van der Waals surface area contributed by atoms with Gasteiger partial charge in [0.15, 0.2) is 30.8 Å². The second kappa shape index (κ2) is 10.6. The Balaban J connectivity index is 2.39. The molecule has 0 aliphatic carbocycles. The molecule has 0 bridgehead atoms. The molecule has 0 saturated heterocycles. The van der Waals surface area contributed by atoms with Gasteiger partial charge in [0.2, 0.25) is 0 Å². The quantitative estimate of drug-likeness (QED) is 0.285. The maximum absolute atomic E-state index is 12.5. The predicted octanol–water partition coefficient (Wildman–Crippen LogP) is 2.66. The molecule has 164 valence electrons. The van der Waals surface area contributed by atoms with Crippen LogP contribution in [0.25, 0.3) is 0 Å². The number of rotatable bonds is 10. The normalized spacial score (nSPS) is 10.5. The minimum atomic E-state index is -0.907. The number of hydrogen-bond donors (Lipinski definition) is 3. The lowest BCUT2D eigenvalue weighted by Crippen LogP contribution is -2.12. The number of nitrogens with two attached hydrogens (primary N) is 1. The van der Waals surface area contributed by atoms with Gasteiger partial charge < -0.3 is 44.4 Å². The lowest BCUT2D eigenvalue weighted by Gasteiger charge is -2.20. The highest BCUT2D eigenvalue weighted by Crippen LogP contribution is 2.43. The van der Waals surface area contributed by atoms with Gasteiger partial charge in [-0.2, -0.15) is 0 Å². The number of hydrogen-bond acceptors (Lipinski definition) is 10. The smallest absolute Gasteiger partial charge is 0.342 e. The standard InChI is InChI=1S/C19H22ClNO9/c1-25-8-29-16-5-13(21)17(30-9-26-2)11(18(16)27-3)7-28-19(24)10-4-12(20)15(23)6-14(10)22/h4-6,22-23H,7-9,21H2,1-3H3. The number of aromatic hydroxyl groups is 2. The largest absolute Gasteiger partial charge is 0.507 e. The van der Waals surface area contributed by atoms with Gasteiger partial charge in [0.05, 0.1) is 23.4 Å². The maximum Gasteiger partial charge on any atom is 0.342 e. The molecule has 2 aromatic carbocycles. The zero-order valence-electron chi connectivity index (χ0n) is 16.6. The van der Waals surface area contributed by atoms with E-state index in [4.69, 9.17) is 45.8 Å². The molecule has 0 heterocycles. The van der Waals surface area contributed by atoms with E-state index in [9.17, 15) is 15.0 Å². The Hall–Kier alpha value is -3.08. The fourth-order valence-electron chi connectivity index (χ4n) is 2.50. The fraction of sp³-hybridized carbons (Fsp3) is 0.316. The summed E-state index contributed by atoms with van der Waals surface area (Å²) in [5.41, 5.74) is 6.26. The van der Waals surface area contributed by atoms with Crippen molar-refractivity contribution in [1.82, 2.24) is 0 Å². The monoisotopic (exact) mass is 443 g/mol. The van der Waals surface area contributed by atoms with Crippen molar-refractivity contribution in [3.05, 3.63) is 34.3 Å². The predicted molar refractivity (Wildman–Crippen MR) is 106 cm³/mol. The molecule has 0 saturated carbocycles. The Bertz CT molecular complexity index is 904. The number of phenolic OH excluding ortho intramolecular Hbond substituents is 2. The van der Waals surface area contributed by atoms with E-state index < -0.39 is 11.7 Å². The molecule has 2 rings (SSSR count). The Morgan fingerprint density at radius 3 is 2.30 bits per heavy atom. The topological polar surface area (TPSA) is 139 Å². The molecule has 0 amide bonds. The van der Waals surface area contributed by atoms with Crippen LogP contribution in [0.1, 0.15) is 15.9 Å². The second-order valence-electron chi connectivity index (χ2n) is 5.80. The Morgan fingerprint density at radius 2 is 1.67 bits per heavy atom. The van der Waals surface area contributed by atoms with Crippen molar-refractivity contribution in [2.24, 2.45) is 0 Å². The summed E-state index contributed by atoms with van der Waals surface area (Å²) in [5, 5.41) is 19.3. The Labute approximate surface area is 177 Å². The molecule has 0 spiro atoms. The number of carbonyl (C=O) groups is 1. The zero-order valence-corrected chi connectivity index (χ0v) is 17.3. The molecule has 30 heavy (non-hydrogen) atoms. The van der Waals surface area contributed by atoms with Crippen LogP contribution in [-0.2, 0) is 20.8 Å². The first-order chi connectivity index (χ1) is 14.3. The number of nitrogen functional groups attached to an aromatic ring is 1. The third kappa shape index (κ3) is 5.29. The number of ether oxygens (including phenoxy) is 6. The van der Waals surface area contributed by atoms with Crippen molar-refractivity contribution in [3.8, 4) is 28.7 Å². The third-order valence-electron chi connectivity index (χ3n) is 3.81. The van der Waals surface area contributed by atoms with Crippen molar-refractivity contribution in [1.29, 1.82) is 0 Å². The van der Waals surface area contributed by atoms with E-state index in [2.05, 4.69) is 0 Å². The minimum Gasteiger partial charge on any atom is -0.507 e. The average Bonchev–Trinajstić information content (AvgIpc) is 2.72. The highest BCUT2D eigenvalue weighted by molar-refractivity contribution is 6.32. The van der Waals surface area contributed by atoms with Crippen molar-refractivity contribution in [2.75, 3.05) is 40.6 Å². The fourth-order valence-corrected chi connectivity index (χ4v) is 2.66. The van der Waals surface area contributed by atoms with Gasteiger partial charge in [0, 0.05) is 26.4 Å². The number of halogens is 1.